The summed E-state index contributed by atoms with van der Waals surface area (Å²) in [4.78, 5) is 33.6. The van der Waals surface area contributed by atoms with Crippen LogP contribution in [0.25, 0.3) is 0 Å². The molecule has 0 aromatic heterocycles. The van der Waals surface area contributed by atoms with Crippen LogP contribution in [0.1, 0.15) is 20.7 Å². The fraction of sp³-hybridized carbons (Fsp3) is 0. The van der Waals surface area contributed by atoms with Gasteiger partial charge < -0.3 is 15.4 Å². The second-order valence-electron chi connectivity index (χ2n) is 4.97. The number of hydrogen-bond acceptors (Lipinski definition) is 4. The molecule has 27 heavy (non-hydrogen) atoms. The largest absolute Gasteiger partial charge is 0.358 e. The molecule has 0 saturated carbocycles. The molecule has 0 fully saturated rings. The van der Waals surface area contributed by atoms with Crippen LogP contribution >= 0.6 is 0 Å². The minimum Gasteiger partial charge on any atom is -0.358 e. The maximum Gasteiger partial charge on any atom is 0.339 e. The first-order valence-electron chi connectivity index (χ1n) is 7.06. The van der Waals surface area contributed by atoms with Crippen LogP contribution in [0.5, 0.6) is 0 Å². The van der Waals surface area contributed by atoms with E-state index in [2.05, 4.69) is 0 Å². The number of amides is 2. The summed E-state index contributed by atoms with van der Waals surface area (Å²) in [5.74, 6) is -8.19. The highest BCUT2D eigenvalue weighted by molar-refractivity contribution is 5.96. The van der Waals surface area contributed by atoms with Gasteiger partial charge in [-0.1, -0.05) is 0 Å². The smallest absolute Gasteiger partial charge is 0.339 e. The molecule has 0 spiro atoms. The zero-order valence-corrected chi connectivity index (χ0v) is 13.1. The van der Waals surface area contributed by atoms with Crippen molar-refractivity contribution >= 4 is 11.8 Å². The van der Waals surface area contributed by atoms with E-state index < -0.39 is 51.4 Å². The minimum atomic E-state index is -1.33. The van der Waals surface area contributed by atoms with Gasteiger partial charge in [0.2, 0.25) is 0 Å². The topological polar surface area (TPSA) is 101 Å². The summed E-state index contributed by atoms with van der Waals surface area (Å²) in [7, 11) is 0. The number of benzene rings is 2. The lowest BCUT2D eigenvalue weighted by Crippen LogP contribution is -2.30. The molecule has 140 valence electrons. The lowest BCUT2D eigenvalue weighted by molar-refractivity contribution is -0.430. The Morgan fingerprint density at radius 1 is 0.852 bits per heavy atom. The van der Waals surface area contributed by atoms with Gasteiger partial charge in [0.15, 0.2) is 23.3 Å². The van der Waals surface area contributed by atoms with Crippen molar-refractivity contribution in [1.29, 1.82) is 0 Å². The van der Waals surface area contributed by atoms with Crippen LogP contribution in [0, 0.1) is 33.4 Å². The second kappa shape index (κ2) is 8.08. The van der Waals surface area contributed by atoms with Crippen molar-refractivity contribution in [3.63, 3.8) is 0 Å². The van der Waals surface area contributed by atoms with Crippen LogP contribution in [0.15, 0.2) is 48.4 Å². The molecule has 0 aliphatic heterocycles. The van der Waals surface area contributed by atoms with E-state index in [1.165, 1.54) is 0 Å². The van der Waals surface area contributed by atoms with Crippen molar-refractivity contribution < 1.29 is 32.1 Å². The van der Waals surface area contributed by atoms with Crippen molar-refractivity contribution in [2.75, 3.05) is 0 Å². The van der Waals surface area contributed by atoms with Gasteiger partial charge in [0, 0.05) is 5.56 Å². The highest BCUT2D eigenvalue weighted by Crippen LogP contribution is 2.10. The van der Waals surface area contributed by atoms with Gasteiger partial charge in [0.25, 0.3) is 5.91 Å². The van der Waals surface area contributed by atoms with Crippen molar-refractivity contribution in [3.05, 3.63) is 92.9 Å². The molecule has 0 unspecified atom stereocenters. The maximum atomic E-state index is 13.1. The Hall–Kier alpha value is -3.76. The Morgan fingerprint density at radius 2 is 1.33 bits per heavy atom. The summed E-state index contributed by atoms with van der Waals surface area (Å²) in [6.07, 6.45) is 0.501. The van der Waals surface area contributed by atoms with E-state index >= 15 is 0 Å². The zero-order chi connectivity index (χ0) is 20.1. The first-order valence-corrected chi connectivity index (χ1v) is 7.06. The Labute approximate surface area is 148 Å². The molecule has 0 aliphatic rings. The van der Waals surface area contributed by atoms with Crippen molar-refractivity contribution in [2.45, 2.75) is 0 Å². The van der Waals surface area contributed by atoms with Gasteiger partial charge in [-0.3, -0.25) is 4.79 Å². The molecule has 2 aromatic carbocycles. The van der Waals surface area contributed by atoms with E-state index in [0.29, 0.717) is 30.5 Å². The van der Waals surface area contributed by atoms with Gasteiger partial charge in [0.1, 0.15) is 0 Å². The number of carbonyl (C=O) groups excluding carboxylic acids is 2. The molecule has 2 N–H and O–H groups in total. The van der Waals surface area contributed by atoms with Crippen molar-refractivity contribution in [2.24, 2.45) is 0 Å². The molecule has 11 heteroatoms. The third-order valence-corrected chi connectivity index (χ3v) is 3.14. The second-order valence-corrected chi connectivity index (χ2v) is 4.97. The summed E-state index contributed by atoms with van der Waals surface area (Å²) in [6, 6.07) is 4.28. The molecule has 0 aliphatic carbocycles. The van der Waals surface area contributed by atoms with Gasteiger partial charge in [-0.2, -0.15) is 0 Å². The minimum absolute atomic E-state index is 0.334. The Morgan fingerprint density at radius 3 is 1.78 bits per heavy atom. The molecule has 0 atom stereocenters. The molecular formula is C16H9F4N3O4. The van der Waals surface area contributed by atoms with Gasteiger partial charge in [0.05, 0.1) is 11.8 Å². The van der Waals surface area contributed by atoms with Crippen LogP contribution in [0.2, 0.25) is 0 Å². The Bertz CT molecular complexity index is 963. The number of nitrogens with zero attached hydrogens (tertiary/aromatic N) is 1. The standard InChI is InChI=1S/C16H9F4N3O4/c17-10-3-1-8(5-12(10)19)15(24)21-7-14(23(26)27)22-16(25)9-2-4-11(18)13(20)6-9/h1-7H,(H,21,24)(H,22,25). The van der Waals surface area contributed by atoms with Gasteiger partial charge in [-0.05, 0) is 41.3 Å². The third kappa shape index (κ3) is 4.87. The van der Waals surface area contributed by atoms with Crippen LogP contribution in [-0.4, -0.2) is 16.7 Å². The van der Waals surface area contributed by atoms with E-state index in [9.17, 15) is 37.3 Å². The molecule has 0 heterocycles. The van der Waals surface area contributed by atoms with E-state index in [4.69, 9.17) is 0 Å². The van der Waals surface area contributed by atoms with Crippen LogP contribution in [0.4, 0.5) is 17.6 Å². The highest BCUT2D eigenvalue weighted by Gasteiger charge is 2.19. The van der Waals surface area contributed by atoms with Crippen molar-refractivity contribution in [3.8, 4) is 0 Å². The average Bonchev–Trinajstić information content (AvgIpc) is 2.62. The van der Waals surface area contributed by atoms with E-state index in [-0.39, 0.29) is 5.56 Å². The van der Waals surface area contributed by atoms with E-state index in [0.717, 1.165) is 12.1 Å². The Balaban J connectivity index is 2.14. The normalized spacial score (nSPS) is 11.0. The first kappa shape index (κ1) is 19.6. The quantitative estimate of drug-likeness (QED) is 0.471. The number of halogens is 4. The maximum absolute atomic E-state index is 13.1. The van der Waals surface area contributed by atoms with Gasteiger partial charge >= 0.3 is 11.7 Å². The summed E-state index contributed by atoms with van der Waals surface area (Å²) in [5.41, 5.74) is -0.742. The predicted octanol–water partition coefficient (Wildman–Crippen LogP) is 2.48. The number of rotatable bonds is 5. The first-order chi connectivity index (χ1) is 12.7. The summed E-state index contributed by atoms with van der Waals surface area (Å²) < 4.78 is 51.9. The number of nitrogens with one attached hydrogen (secondary N) is 2. The Kier molecular flexibility index (Phi) is 5.85. The number of hydrogen-bond donors (Lipinski definition) is 2. The zero-order valence-electron chi connectivity index (χ0n) is 13.1. The summed E-state index contributed by atoms with van der Waals surface area (Å²) in [5, 5.41) is 14.7. The van der Waals surface area contributed by atoms with Gasteiger partial charge in [-0.25, -0.2) is 27.7 Å². The molecule has 7 nitrogen and oxygen atoms in total. The molecule has 2 aromatic rings. The SMILES string of the molecule is O=C(NC=C(NC(=O)c1ccc(F)c(F)c1)[N+](=O)[O-])c1ccc(F)c(F)c1. The fourth-order valence-corrected chi connectivity index (χ4v) is 1.81. The van der Waals surface area contributed by atoms with Crippen LogP contribution in [0.3, 0.4) is 0 Å². The lowest BCUT2D eigenvalue weighted by atomic mass is 10.2. The molecule has 0 saturated heterocycles. The highest BCUT2D eigenvalue weighted by atomic mass is 19.2. The number of nitro groups is 1. The summed E-state index contributed by atoms with van der Waals surface area (Å²) in [6.45, 7) is 0. The monoisotopic (exact) mass is 383 g/mol. The number of carbonyl (C=O) groups is 2. The third-order valence-electron chi connectivity index (χ3n) is 3.14. The van der Waals surface area contributed by atoms with Crippen LogP contribution < -0.4 is 10.6 Å². The van der Waals surface area contributed by atoms with Gasteiger partial charge in [-0.15, -0.1) is 0 Å². The van der Waals surface area contributed by atoms with E-state index in [1.807, 2.05) is 5.32 Å². The molecule has 2 rings (SSSR count). The molecular weight excluding hydrogens is 374 g/mol. The average molecular weight is 383 g/mol. The van der Waals surface area contributed by atoms with Crippen molar-refractivity contribution in [1.82, 2.24) is 10.6 Å². The summed E-state index contributed by atoms with van der Waals surface area (Å²) >= 11 is 0. The fourth-order valence-electron chi connectivity index (χ4n) is 1.81. The lowest BCUT2D eigenvalue weighted by Gasteiger charge is -2.04. The molecule has 2 amide bonds. The van der Waals surface area contributed by atoms with Crippen LogP contribution in [-0.2, 0) is 0 Å². The molecule has 0 bridgehead atoms. The van der Waals surface area contributed by atoms with E-state index in [1.54, 1.807) is 5.32 Å². The molecule has 0 radical (unpaired) electrons. The predicted molar refractivity (Wildman–Crippen MR) is 82.7 cm³/mol.